The molecular formula is C11H16N2O2S. The molecule has 1 aliphatic heterocycles. The van der Waals surface area contributed by atoms with Crippen molar-refractivity contribution in [3.63, 3.8) is 0 Å². The fourth-order valence-electron chi connectivity index (χ4n) is 1.99. The van der Waals surface area contributed by atoms with Crippen LogP contribution in [0.5, 0.6) is 0 Å². The normalized spacial score (nSPS) is 19.8. The van der Waals surface area contributed by atoms with Crippen molar-refractivity contribution in [1.82, 2.24) is 5.01 Å². The number of hydrogen-bond donors (Lipinski definition) is 1. The summed E-state index contributed by atoms with van der Waals surface area (Å²) in [6.45, 7) is 1.30. The van der Waals surface area contributed by atoms with Gasteiger partial charge in [0.05, 0.1) is 10.1 Å². The Bertz CT molecular complexity index is 436. The Labute approximate surface area is 95.9 Å². The van der Waals surface area contributed by atoms with Crippen LogP contribution in [-0.4, -0.2) is 31.8 Å². The van der Waals surface area contributed by atoms with E-state index in [1.54, 1.807) is 29.3 Å². The van der Waals surface area contributed by atoms with Crippen LogP contribution in [-0.2, 0) is 9.84 Å². The van der Waals surface area contributed by atoms with Crippen molar-refractivity contribution in [2.45, 2.75) is 23.0 Å². The van der Waals surface area contributed by atoms with Crippen molar-refractivity contribution in [3.8, 4) is 0 Å². The van der Waals surface area contributed by atoms with Gasteiger partial charge in [0, 0.05) is 13.1 Å². The molecule has 0 unspecified atom stereocenters. The highest BCUT2D eigenvalue weighted by molar-refractivity contribution is 7.92. The van der Waals surface area contributed by atoms with Gasteiger partial charge in [-0.15, -0.1) is 0 Å². The van der Waals surface area contributed by atoms with E-state index in [0.29, 0.717) is 30.8 Å². The SMILES string of the molecule is NN1CCC(S(=O)(=O)c2ccccc2)CC1. The summed E-state index contributed by atoms with van der Waals surface area (Å²) in [6, 6.07) is 8.64. The number of nitrogens with two attached hydrogens (primary N) is 1. The molecule has 0 spiro atoms. The highest BCUT2D eigenvalue weighted by atomic mass is 32.2. The monoisotopic (exact) mass is 240 g/mol. The van der Waals surface area contributed by atoms with Crippen LogP contribution in [0.25, 0.3) is 0 Å². The van der Waals surface area contributed by atoms with E-state index in [1.807, 2.05) is 6.07 Å². The third-order valence-corrected chi connectivity index (χ3v) is 5.27. The zero-order chi connectivity index (χ0) is 11.6. The van der Waals surface area contributed by atoms with Gasteiger partial charge in [0.2, 0.25) is 0 Å². The number of sulfone groups is 1. The number of rotatable bonds is 2. The quantitative estimate of drug-likeness (QED) is 0.777. The lowest BCUT2D eigenvalue weighted by Gasteiger charge is -2.28. The van der Waals surface area contributed by atoms with Gasteiger partial charge < -0.3 is 0 Å². The lowest BCUT2D eigenvalue weighted by molar-refractivity contribution is 0.236. The lowest BCUT2D eigenvalue weighted by Crippen LogP contribution is -2.42. The van der Waals surface area contributed by atoms with E-state index in [4.69, 9.17) is 5.84 Å². The summed E-state index contributed by atoms with van der Waals surface area (Å²) in [5.41, 5.74) is 0. The zero-order valence-corrected chi connectivity index (χ0v) is 9.86. The Kier molecular flexibility index (Phi) is 3.28. The second kappa shape index (κ2) is 4.53. The smallest absolute Gasteiger partial charge is 0.181 e. The Balaban J connectivity index is 2.20. The van der Waals surface area contributed by atoms with Crippen LogP contribution in [0.15, 0.2) is 35.2 Å². The van der Waals surface area contributed by atoms with Crippen molar-refractivity contribution in [3.05, 3.63) is 30.3 Å². The van der Waals surface area contributed by atoms with Crippen LogP contribution < -0.4 is 5.84 Å². The van der Waals surface area contributed by atoms with Gasteiger partial charge in [0.1, 0.15) is 0 Å². The van der Waals surface area contributed by atoms with Crippen molar-refractivity contribution < 1.29 is 8.42 Å². The largest absolute Gasteiger partial charge is 0.269 e. The molecule has 88 valence electrons. The van der Waals surface area contributed by atoms with Crippen molar-refractivity contribution in [2.75, 3.05) is 13.1 Å². The minimum atomic E-state index is -3.17. The third kappa shape index (κ3) is 2.26. The van der Waals surface area contributed by atoms with Gasteiger partial charge in [-0.2, -0.15) is 0 Å². The number of piperidine rings is 1. The molecule has 0 atom stereocenters. The predicted molar refractivity (Wildman–Crippen MR) is 62.4 cm³/mol. The second-order valence-corrected chi connectivity index (χ2v) is 6.32. The average Bonchev–Trinajstić information content (AvgIpc) is 2.31. The van der Waals surface area contributed by atoms with Crippen LogP contribution in [0, 0.1) is 0 Å². The van der Waals surface area contributed by atoms with E-state index in [-0.39, 0.29) is 5.25 Å². The molecule has 0 saturated carbocycles. The van der Waals surface area contributed by atoms with E-state index in [0.717, 1.165) is 0 Å². The van der Waals surface area contributed by atoms with Crippen molar-refractivity contribution in [2.24, 2.45) is 5.84 Å². The summed E-state index contributed by atoms with van der Waals surface area (Å²) >= 11 is 0. The molecule has 0 bridgehead atoms. The van der Waals surface area contributed by atoms with Gasteiger partial charge in [-0.25, -0.2) is 13.4 Å². The summed E-state index contributed by atoms with van der Waals surface area (Å²) in [6.07, 6.45) is 1.24. The molecule has 0 aliphatic carbocycles. The first-order valence-corrected chi connectivity index (χ1v) is 6.94. The van der Waals surface area contributed by atoms with Gasteiger partial charge in [-0.05, 0) is 25.0 Å². The molecule has 5 heteroatoms. The molecule has 1 aromatic carbocycles. The summed E-state index contributed by atoms with van der Waals surface area (Å²) in [7, 11) is -3.17. The van der Waals surface area contributed by atoms with Crippen LogP contribution in [0.3, 0.4) is 0 Å². The van der Waals surface area contributed by atoms with Crippen LogP contribution >= 0.6 is 0 Å². The lowest BCUT2D eigenvalue weighted by atomic mass is 10.1. The van der Waals surface area contributed by atoms with Gasteiger partial charge in [0.25, 0.3) is 0 Å². The Hall–Kier alpha value is -0.910. The molecular weight excluding hydrogens is 224 g/mol. The Morgan fingerprint density at radius 3 is 2.25 bits per heavy atom. The molecule has 4 nitrogen and oxygen atoms in total. The second-order valence-electron chi connectivity index (χ2n) is 4.09. The third-order valence-electron chi connectivity index (χ3n) is 2.99. The predicted octanol–water partition coefficient (Wildman–Crippen LogP) is 0.798. The number of nitrogens with zero attached hydrogens (tertiary/aromatic N) is 1. The van der Waals surface area contributed by atoms with Crippen LogP contribution in [0.4, 0.5) is 0 Å². The topological polar surface area (TPSA) is 63.4 Å². The highest BCUT2D eigenvalue weighted by Crippen LogP contribution is 2.23. The van der Waals surface area contributed by atoms with Crippen LogP contribution in [0.1, 0.15) is 12.8 Å². The highest BCUT2D eigenvalue weighted by Gasteiger charge is 2.30. The molecule has 0 amide bonds. The minimum absolute atomic E-state index is 0.283. The summed E-state index contributed by atoms with van der Waals surface area (Å²) in [4.78, 5) is 0.422. The maximum absolute atomic E-state index is 12.2. The number of benzene rings is 1. The maximum atomic E-state index is 12.2. The molecule has 1 aromatic rings. The molecule has 16 heavy (non-hydrogen) atoms. The molecule has 0 radical (unpaired) electrons. The number of hydrazine groups is 1. The van der Waals surface area contributed by atoms with Gasteiger partial charge >= 0.3 is 0 Å². The first-order chi connectivity index (χ1) is 7.60. The Morgan fingerprint density at radius 1 is 1.12 bits per heavy atom. The van der Waals surface area contributed by atoms with Crippen molar-refractivity contribution >= 4 is 9.84 Å². The molecule has 0 aromatic heterocycles. The maximum Gasteiger partial charge on any atom is 0.181 e. The summed E-state index contributed by atoms with van der Waals surface area (Å²) in [5.74, 6) is 5.62. The van der Waals surface area contributed by atoms with E-state index in [1.165, 1.54) is 0 Å². The van der Waals surface area contributed by atoms with Gasteiger partial charge in [0.15, 0.2) is 9.84 Å². The molecule has 2 N–H and O–H groups in total. The van der Waals surface area contributed by atoms with E-state index in [2.05, 4.69) is 0 Å². The standard InChI is InChI=1S/C11H16N2O2S/c12-13-8-6-11(7-9-13)16(14,15)10-4-2-1-3-5-10/h1-5,11H,6-9,12H2. The summed E-state index contributed by atoms with van der Waals surface area (Å²) in [5, 5.41) is 1.39. The van der Waals surface area contributed by atoms with E-state index >= 15 is 0 Å². The van der Waals surface area contributed by atoms with Crippen LogP contribution in [0.2, 0.25) is 0 Å². The number of hydrogen-bond acceptors (Lipinski definition) is 4. The fraction of sp³-hybridized carbons (Fsp3) is 0.455. The van der Waals surface area contributed by atoms with Gasteiger partial charge in [-0.3, -0.25) is 5.84 Å². The van der Waals surface area contributed by atoms with E-state index in [9.17, 15) is 8.42 Å². The fourth-order valence-corrected chi connectivity index (χ4v) is 3.74. The first-order valence-electron chi connectivity index (χ1n) is 5.39. The van der Waals surface area contributed by atoms with Gasteiger partial charge in [-0.1, -0.05) is 18.2 Å². The first kappa shape index (κ1) is 11.6. The molecule has 1 heterocycles. The average molecular weight is 240 g/mol. The molecule has 1 aliphatic rings. The minimum Gasteiger partial charge on any atom is -0.269 e. The Morgan fingerprint density at radius 2 is 1.69 bits per heavy atom. The zero-order valence-electron chi connectivity index (χ0n) is 9.04. The van der Waals surface area contributed by atoms with E-state index < -0.39 is 9.84 Å². The summed E-state index contributed by atoms with van der Waals surface area (Å²) < 4.78 is 24.5. The van der Waals surface area contributed by atoms with Crippen molar-refractivity contribution in [1.29, 1.82) is 0 Å². The molecule has 2 rings (SSSR count). The molecule has 1 saturated heterocycles. The molecule has 1 fully saturated rings.